The van der Waals surface area contributed by atoms with E-state index in [0.717, 1.165) is 5.56 Å². The van der Waals surface area contributed by atoms with Crippen molar-refractivity contribution in [3.63, 3.8) is 0 Å². The number of benzene rings is 1. The molecule has 0 saturated carbocycles. The molecule has 0 bridgehead atoms. The van der Waals surface area contributed by atoms with Gasteiger partial charge in [-0.3, -0.25) is 9.59 Å². The van der Waals surface area contributed by atoms with Crippen molar-refractivity contribution in [3.8, 4) is 0 Å². The second kappa shape index (κ2) is 7.21. The van der Waals surface area contributed by atoms with Crippen LogP contribution in [0.2, 0.25) is 0 Å². The van der Waals surface area contributed by atoms with Crippen molar-refractivity contribution in [2.75, 3.05) is 13.2 Å². The molecule has 3 N–H and O–H groups in total. The molecular weight excluding hydrogens is 298 g/mol. The first-order valence-electron chi connectivity index (χ1n) is 7.72. The Kier molecular flexibility index (Phi) is 5.51. The second-order valence-electron chi connectivity index (χ2n) is 6.11. The number of nitrogens with two attached hydrogens (primary N) is 1. The van der Waals surface area contributed by atoms with E-state index in [1.165, 1.54) is 0 Å². The van der Waals surface area contributed by atoms with Gasteiger partial charge in [0.15, 0.2) is 11.6 Å². The molecule has 1 fully saturated rings. The molecule has 2 rings (SSSR count). The van der Waals surface area contributed by atoms with E-state index < -0.39 is 17.8 Å². The third kappa shape index (κ3) is 4.16. The summed E-state index contributed by atoms with van der Waals surface area (Å²) in [6, 6.07) is 5.90. The molecule has 1 unspecified atom stereocenters. The van der Waals surface area contributed by atoms with Gasteiger partial charge in [-0.1, -0.05) is 38.1 Å². The molecule has 1 aliphatic rings. The Labute approximate surface area is 135 Å². The smallest absolute Gasteiger partial charge is 0.320 e. The largest absolute Gasteiger partial charge is 0.480 e. The van der Waals surface area contributed by atoms with E-state index in [1.807, 2.05) is 13.8 Å². The molecule has 0 spiro atoms. The fourth-order valence-corrected chi connectivity index (χ4v) is 2.60. The average Bonchev–Trinajstić information content (AvgIpc) is 2.97. The van der Waals surface area contributed by atoms with Crippen molar-refractivity contribution in [2.24, 2.45) is 11.7 Å². The maximum atomic E-state index is 12.5. The van der Waals surface area contributed by atoms with Gasteiger partial charge in [-0.05, 0) is 12.0 Å². The summed E-state index contributed by atoms with van der Waals surface area (Å²) in [5.74, 6) is -1.88. The highest BCUT2D eigenvalue weighted by Gasteiger charge is 2.41. The predicted molar refractivity (Wildman–Crippen MR) is 84.2 cm³/mol. The fraction of sp³-hybridized carbons (Fsp3) is 0.529. The van der Waals surface area contributed by atoms with E-state index in [1.54, 1.807) is 24.3 Å². The Bertz CT molecular complexity index is 561. The van der Waals surface area contributed by atoms with Crippen molar-refractivity contribution < 1.29 is 24.2 Å². The first-order chi connectivity index (χ1) is 10.8. The number of carbonyl (C=O) groups is 2. The quantitative estimate of drug-likeness (QED) is 0.740. The molecule has 1 aliphatic heterocycles. The van der Waals surface area contributed by atoms with E-state index in [-0.39, 0.29) is 24.5 Å². The molecule has 0 amide bonds. The van der Waals surface area contributed by atoms with Crippen LogP contribution in [0.3, 0.4) is 0 Å². The number of ketones is 1. The van der Waals surface area contributed by atoms with Crippen LogP contribution >= 0.6 is 0 Å². The third-order valence-electron chi connectivity index (χ3n) is 4.11. The summed E-state index contributed by atoms with van der Waals surface area (Å²) in [7, 11) is 0. The minimum Gasteiger partial charge on any atom is -0.480 e. The van der Waals surface area contributed by atoms with Crippen LogP contribution in [0.25, 0.3) is 0 Å². The van der Waals surface area contributed by atoms with Gasteiger partial charge in [-0.25, -0.2) is 0 Å². The van der Waals surface area contributed by atoms with Gasteiger partial charge < -0.3 is 20.3 Å². The zero-order valence-electron chi connectivity index (χ0n) is 13.5. The van der Waals surface area contributed by atoms with Gasteiger partial charge in [0.2, 0.25) is 0 Å². The fourth-order valence-electron chi connectivity index (χ4n) is 2.60. The Balaban J connectivity index is 2.04. The van der Waals surface area contributed by atoms with Crippen molar-refractivity contribution in [3.05, 3.63) is 35.4 Å². The van der Waals surface area contributed by atoms with Crippen LogP contribution in [-0.4, -0.2) is 41.9 Å². The molecule has 1 heterocycles. The lowest BCUT2D eigenvalue weighted by Gasteiger charge is -2.30. The Morgan fingerprint density at radius 1 is 1.22 bits per heavy atom. The number of carbonyl (C=O) groups excluding carboxylic acids is 1. The average molecular weight is 321 g/mol. The number of carboxylic acid groups (broad SMARTS) is 1. The normalized spacial score (nSPS) is 18.1. The van der Waals surface area contributed by atoms with Gasteiger partial charge in [0.05, 0.1) is 19.6 Å². The number of Topliss-reactive ketones (excluding diaryl/α,β-unsaturated/α-hetero) is 1. The summed E-state index contributed by atoms with van der Waals surface area (Å²) < 4.78 is 11.3. The Hall–Kier alpha value is -1.76. The third-order valence-corrected chi connectivity index (χ3v) is 4.11. The number of hydrogen-bond acceptors (Lipinski definition) is 5. The number of ether oxygens (including phenoxy) is 2. The predicted octanol–water partition coefficient (Wildman–Crippen LogP) is 1.61. The van der Waals surface area contributed by atoms with Crippen molar-refractivity contribution in [1.29, 1.82) is 0 Å². The van der Waals surface area contributed by atoms with Gasteiger partial charge in [0.25, 0.3) is 0 Å². The number of aliphatic carboxylic acids is 1. The number of rotatable bonds is 7. The minimum atomic E-state index is -1.04. The monoisotopic (exact) mass is 321 g/mol. The minimum absolute atomic E-state index is 0.0605. The zero-order valence-corrected chi connectivity index (χ0v) is 13.5. The maximum absolute atomic E-state index is 12.5. The summed E-state index contributed by atoms with van der Waals surface area (Å²) in [5, 5.41) is 8.82. The van der Waals surface area contributed by atoms with Crippen LogP contribution in [0.4, 0.5) is 0 Å². The van der Waals surface area contributed by atoms with Crippen molar-refractivity contribution in [1.82, 2.24) is 0 Å². The lowest BCUT2D eigenvalue weighted by Crippen LogP contribution is -2.38. The molecule has 126 valence electrons. The van der Waals surface area contributed by atoms with Crippen LogP contribution in [0.1, 0.15) is 36.2 Å². The molecule has 23 heavy (non-hydrogen) atoms. The summed E-state index contributed by atoms with van der Waals surface area (Å²) in [5.41, 5.74) is 6.84. The molecule has 0 aliphatic carbocycles. The van der Waals surface area contributed by atoms with Crippen molar-refractivity contribution >= 4 is 11.8 Å². The van der Waals surface area contributed by atoms with E-state index in [2.05, 4.69) is 0 Å². The molecule has 0 radical (unpaired) electrons. The number of carboxylic acids is 1. The highest BCUT2D eigenvalue weighted by molar-refractivity contribution is 5.96. The van der Waals surface area contributed by atoms with Crippen LogP contribution in [0.15, 0.2) is 24.3 Å². The highest BCUT2D eigenvalue weighted by atomic mass is 16.7. The molecule has 1 atom stereocenters. The maximum Gasteiger partial charge on any atom is 0.320 e. The van der Waals surface area contributed by atoms with Gasteiger partial charge in [0, 0.05) is 11.5 Å². The molecule has 6 heteroatoms. The summed E-state index contributed by atoms with van der Waals surface area (Å²) in [6.45, 7) is 4.93. The van der Waals surface area contributed by atoms with E-state index in [0.29, 0.717) is 18.8 Å². The SMILES string of the molecule is CC(C)C1(CC(=O)c2ccc(CC(N)C(=O)O)cc2)OCCO1. The summed E-state index contributed by atoms with van der Waals surface area (Å²) in [4.78, 5) is 23.2. The van der Waals surface area contributed by atoms with Crippen LogP contribution in [-0.2, 0) is 20.7 Å². The van der Waals surface area contributed by atoms with Gasteiger partial charge in [-0.2, -0.15) is 0 Å². The molecule has 1 aromatic carbocycles. The highest BCUT2D eigenvalue weighted by Crippen LogP contribution is 2.32. The standard InChI is InChI=1S/C17H23NO5/c1-11(2)17(22-7-8-23-17)10-15(19)13-5-3-12(4-6-13)9-14(18)16(20)21/h3-6,11,14H,7-10,18H2,1-2H3,(H,20,21). The summed E-state index contributed by atoms with van der Waals surface area (Å²) in [6.07, 6.45) is 0.393. The second-order valence-corrected chi connectivity index (χ2v) is 6.11. The molecule has 1 aromatic rings. The van der Waals surface area contributed by atoms with Crippen LogP contribution in [0.5, 0.6) is 0 Å². The van der Waals surface area contributed by atoms with E-state index in [4.69, 9.17) is 20.3 Å². The van der Waals surface area contributed by atoms with E-state index in [9.17, 15) is 9.59 Å². The van der Waals surface area contributed by atoms with Gasteiger partial charge in [-0.15, -0.1) is 0 Å². The Morgan fingerprint density at radius 2 is 1.78 bits per heavy atom. The lowest BCUT2D eigenvalue weighted by atomic mass is 9.93. The Morgan fingerprint density at radius 3 is 2.26 bits per heavy atom. The van der Waals surface area contributed by atoms with Gasteiger partial charge in [0.1, 0.15) is 6.04 Å². The first-order valence-corrected chi connectivity index (χ1v) is 7.72. The number of hydrogen-bond donors (Lipinski definition) is 2. The molecule has 1 saturated heterocycles. The van der Waals surface area contributed by atoms with Crippen molar-refractivity contribution in [2.45, 2.75) is 38.5 Å². The van der Waals surface area contributed by atoms with Crippen LogP contribution < -0.4 is 5.73 Å². The molecule has 6 nitrogen and oxygen atoms in total. The lowest BCUT2D eigenvalue weighted by molar-refractivity contribution is -0.184. The first kappa shape index (κ1) is 17.6. The van der Waals surface area contributed by atoms with E-state index >= 15 is 0 Å². The zero-order chi connectivity index (χ0) is 17.0. The summed E-state index contributed by atoms with van der Waals surface area (Å²) >= 11 is 0. The topological polar surface area (TPSA) is 98.9 Å². The molecule has 0 aromatic heterocycles. The van der Waals surface area contributed by atoms with Gasteiger partial charge >= 0.3 is 5.97 Å². The van der Waals surface area contributed by atoms with Crippen LogP contribution in [0, 0.1) is 5.92 Å². The molecular formula is C17H23NO5.